The van der Waals surface area contributed by atoms with Crippen molar-refractivity contribution in [1.29, 1.82) is 0 Å². The lowest BCUT2D eigenvalue weighted by Gasteiger charge is -2.29. The van der Waals surface area contributed by atoms with E-state index in [1.165, 1.54) is 44.1 Å². The Hall–Kier alpha value is -0.980. The van der Waals surface area contributed by atoms with Gasteiger partial charge < -0.3 is 4.74 Å². The minimum Gasteiger partial charge on any atom is -0.497 e. The SMILES string of the molecule is C=C(/C=C\C(=C/C)C1CCC(CCC)CC1)OC. The summed E-state index contributed by atoms with van der Waals surface area (Å²) in [7, 11) is 1.66. The monoisotopic (exact) mass is 248 g/mol. The fourth-order valence-electron chi connectivity index (χ4n) is 2.92. The molecular weight excluding hydrogens is 220 g/mol. The third-order valence-corrected chi connectivity index (χ3v) is 4.07. The normalized spacial score (nSPS) is 25.4. The maximum atomic E-state index is 5.07. The maximum Gasteiger partial charge on any atom is 0.111 e. The van der Waals surface area contributed by atoms with Crippen molar-refractivity contribution in [1.82, 2.24) is 0 Å². The Kier molecular flexibility index (Phi) is 6.85. The van der Waals surface area contributed by atoms with E-state index in [0.717, 1.165) is 17.6 Å². The van der Waals surface area contributed by atoms with Crippen LogP contribution in [0.4, 0.5) is 0 Å². The third-order valence-electron chi connectivity index (χ3n) is 4.07. The smallest absolute Gasteiger partial charge is 0.111 e. The van der Waals surface area contributed by atoms with Crippen molar-refractivity contribution in [3.63, 3.8) is 0 Å². The summed E-state index contributed by atoms with van der Waals surface area (Å²) in [6.07, 6.45) is 14.6. The predicted octanol–water partition coefficient (Wildman–Crippen LogP) is 5.26. The summed E-state index contributed by atoms with van der Waals surface area (Å²) in [5.41, 5.74) is 1.45. The van der Waals surface area contributed by atoms with E-state index in [-0.39, 0.29) is 0 Å². The second-order valence-electron chi connectivity index (χ2n) is 5.30. The largest absolute Gasteiger partial charge is 0.497 e. The Morgan fingerprint density at radius 1 is 1.22 bits per heavy atom. The van der Waals surface area contributed by atoms with E-state index in [1.807, 2.05) is 6.08 Å². The molecule has 0 spiro atoms. The van der Waals surface area contributed by atoms with Gasteiger partial charge in [0.2, 0.25) is 0 Å². The van der Waals surface area contributed by atoms with Crippen LogP contribution in [0.5, 0.6) is 0 Å². The van der Waals surface area contributed by atoms with Crippen molar-refractivity contribution >= 4 is 0 Å². The van der Waals surface area contributed by atoms with Crippen LogP contribution in [0.2, 0.25) is 0 Å². The van der Waals surface area contributed by atoms with E-state index in [4.69, 9.17) is 4.74 Å². The molecule has 1 aliphatic carbocycles. The summed E-state index contributed by atoms with van der Waals surface area (Å²) in [4.78, 5) is 0. The molecule has 0 amide bonds. The van der Waals surface area contributed by atoms with Gasteiger partial charge in [0.05, 0.1) is 7.11 Å². The van der Waals surface area contributed by atoms with Gasteiger partial charge in [-0.2, -0.15) is 0 Å². The molecule has 0 heterocycles. The zero-order valence-corrected chi connectivity index (χ0v) is 12.2. The lowest BCUT2D eigenvalue weighted by molar-refractivity contribution is 0.288. The van der Waals surface area contributed by atoms with Gasteiger partial charge in [0.25, 0.3) is 0 Å². The number of hydrogen-bond donors (Lipinski definition) is 0. The molecule has 0 aromatic heterocycles. The minimum absolute atomic E-state index is 0.731. The maximum absolute atomic E-state index is 5.07. The number of ether oxygens (including phenoxy) is 1. The quantitative estimate of drug-likeness (QED) is 0.460. The first-order chi connectivity index (χ1) is 8.71. The van der Waals surface area contributed by atoms with Crippen LogP contribution in [-0.4, -0.2) is 7.11 Å². The van der Waals surface area contributed by atoms with Crippen LogP contribution in [0.3, 0.4) is 0 Å². The summed E-state index contributed by atoms with van der Waals surface area (Å²) in [5.74, 6) is 2.44. The molecule has 1 aliphatic rings. The molecule has 0 aromatic carbocycles. The molecule has 1 nitrogen and oxygen atoms in total. The lowest BCUT2D eigenvalue weighted by atomic mass is 9.77. The topological polar surface area (TPSA) is 9.23 Å². The van der Waals surface area contributed by atoms with Gasteiger partial charge in [0.1, 0.15) is 5.76 Å². The number of allylic oxidation sites excluding steroid dienone is 4. The van der Waals surface area contributed by atoms with Gasteiger partial charge in [-0.15, -0.1) is 0 Å². The fourth-order valence-corrected chi connectivity index (χ4v) is 2.92. The zero-order chi connectivity index (χ0) is 13.4. The van der Waals surface area contributed by atoms with Gasteiger partial charge in [0, 0.05) is 0 Å². The highest BCUT2D eigenvalue weighted by Crippen LogP contribution is 2.35. The lowest BCUT2D eigenvalue weighted by Crippen LogP contribution is -2.15. The predicted molar refractivity (Wildman–Crippen MR) is 79.4 cm³/mol. The third kappa shape index (κ3) is 4.72. The standard InChI is InChI=1S/C17H28O/c1-5-7-15-9-12-17(13-10-15)16(6-2)11-8-14(3)18-4/h6,8,11,15,17H,3,5,7,9-10,12-13H2,1-2,4H3/b11-8-,16-6+. The molecule has 0 radical (unpaired) electrons. The molecule has 1 saturated carbocycles. The number of rotatable bonds is 6. The van der Waals surface area contributed by atoms with E-state index < -0.39 is 0 Å². The van der Waals surface area contributed by atoms with Gasteiger partial charge in [-0.1, -0.05) is 38.5 Å². The van der Waals surface area contributed by atoms with Crippen molar-refractivity contribution in [3.05, 3.63) is 36.1 Å². The molecule has 0 unspecified atom stereocenters. The van der Waals surface area contributed by atoms with Crippen molar-refractivity contribution < 1.29 is 4.74 Å². The van der Waals surface area contributed by atoms with Crippen LogP contribution in [0, 0.1) is 11.8 Å². The summed E-state index contributed by atoms with van der Waals surface area (Å²) >= 11 is 0. The molecule has 0 aromatic rings. The first kappa shape index (κ1) is 15.1. The Bertz CT molecular complexity index is 304. The highest BCUT2D eigenvalue weighted by Gasteiger charge is 2.21. The molecule has 1 fully saturated rings. The van der Waals surface area contributed by atoms with E-state index in [1.54, 1.807) is 7.11 Å². The molecule has 18 heavy (non-hydrogen) atoms. The van der Waals surface area contributed by atoms with Gasteiger partial charge in [-0.3, -0.25) is 0 Å². The Labute approximate surface area is 113 Å². The summed E-state index contributed by atoms with van der Waals surface area (Å²) in [5, 5.41) is 0. The van der Waals surface area contributed by atoms with Crippen molar-refractivity contribution in [2.45, 2.75) is 52.4 Å². The van der Waals surface area contributed by atoms with Crippen LogP contribution < -0.4 is 0 Å². The number of methoxy groups -OCH3 is 1. The van der Waals surface area contributed by atoms with Gasteiger partial charge in [0.15, 0.2) is 0 Å². The first-order valence-corrected chi connectivity index (χ1v) is 7.28. The van der Waals surface area contributed by atoms with Crippen LogP contribution >= 0.6 is 0 Å². The molecule has 0 atom stereocenters. The van der Waals surface area contributed by atoms with E-state index in [9.17, 15) is 0 Å². The second-order valence-corrected chi connectivity index (χ2v) is 5.30. The highest BCUT2D eigenvalue weighted by molar-refractivity contribution is 5.26. The average Bonchev–Trinajstić information content (AvgIpc) is 2.41. The average molecular weight is 248 g/mol. The van der Waals surface area contributed by atoms with Crippen molar-refractivity contribution in [2.24, 2.45) is 11.8 Å². The molecule has 0 bridgehead atoms. The van der Waals surface area contributed by atoms with Crippen LogP contribution in [0.1, 0.15) is 52.4 Å². The molecule has 0 saturated heterocycles. The van der Waals surface area contributed by atoms with E-state index in [0.29, 0.717) is 0 Å². The second kappa shape index (κ2) is 8.18. The summed E-state index contributed by atoms with van der Waals surface area (Å²) in [6, 6.07) is 0. The molecule has 1 heteroatoms. The van der Waals surface area contributed by atoms with Gasteiger partial charge in [-0.05, 0) is 56.1 Å². The Morgan fingerprint density at radius 2 is 1.89 bits per heavy atom. The molecule has 1 rings (SSSR count). The fraction of sp³-hybridized carbons (Fsp3) is 0.647. The van der Waals surface area contributed by atoms with Gasteiger partial charge >= 0.3 is 0 Å². The van der Waals surface area contributed by atoms with E-state index >= 15 is 0 Å². The molecule has 102 valence electrons. The van der Waals surface area contributed by atoms with Crippen molar-refractivity contribution in [3.8, 4) is 0 Å². The van der Waals surface area contributed by atoms with Crippen molar-refractivity contribution in [2.75, 3.05) is 7.11 Å². The Balaban J connectivity index is 2.49. The Morgan fingerprint density at radius 3 is 2.39 bits per heavy atom. The first-order valence-electron chi connectivity index (χ1n) is 7.28. The summed E-state index contributed by atoms with van der Waals surface area (Å²) < 4.78 is 5.07. The highest BCUT2D eigenvalue weighted by atomic mass is 16.5. The van der Waals surface area contributed by atoms with Gasteiger partial charge in [-0.25, -0.2) is 0 Å². The van der Waals surface area contributed by atoms with Crippen LogP contribution in [0.15, 0.2) is 36.1 Å². The van der Waals surface area contributed by atoms with E-state index in [2.05, 4.69) is 32.6 Å². The van der Waals surface area contributed by atoms with Crippen LogP contribution in [-0.2, 0) is 4.74 Å². The molecule has 0 aliphatic heterocycles. The summed E-state index contributed by atoms with van der Waals surface area (Å²) in [6.45, 7) is 8.25. The van der Waals surface area contributed by atoms with Crippen LogP contribution in [0.25, 0.3) is 0 Å². The zero-order valence-electron chi connectivity index (χ0n) is 12.2. The minimum atomic E-state index is 0.731. The number of hydrogen-bond acceptors (Lipinski definition) is 1. The molecular formula is C17H28O. The molecule has 0 N–H and O–H groups in total.